The molecule has 0 aliphatic rings. The van der Waals surface area contributed by atoms with Gasteiger partial charge in [-0.1, -0.05) is 41.5 Å². The fourth-order valence-electron chi connectivity index (χ4n) is 3.70. The SMILES string of the molecule is COc1csc([Si](C(C)C)(C(C)C)C(C)C)c1C#N. The van der Waals surface area contributed by atoms with Crippen LogP contribution in [0.1, 0.15) is 47.1 Å². The molecule has 19 heavy (non-hydrogen) atoms. The van der Waals surface area contributed by atoms with E-state index in [1.165, 1.54) is 4.50 Å². The van der Waals surface area contributed by atoms with E-state index in [2.05, 4.69) is 47.6 Å². The van der Waals surface area contributed by atoms with Gasteiger partial charge in [0, 0.05) is 9.88 Å². The van der Waals surface area contributed by atoms with Crippen LogP contribution in [0.25, 0.3) is 0 Å². The van der Waals surface area contributed by atoms with Crippen molar-refractivity contribution in [2.24, 2.45) is 0 Å². The summed E-state index contributed by atoms with van der Waals surface area (Å²) in [5.41, 5.74) is 2.63. The summed E-state index contributed by atoms with van der Waals surface area (Å²) in [7, 11) is -0.0998. The zero-order chi connectivity index (χ0) is 14.8. The van der Waals surface area contributed by atoms with Crippen molar-refractivity contribution in [3.63, 3.8) is 0 Å². The Hall–Kier alpha value is -0.793. The molecule has 0 fully saturated rings. The molecule has 0 aliphatic heterocycles. The van der Waals surface area contributed by atoms with Crippen LogP contribution in [-0.4, -0.2) is 15.2 Å². The summed E-state index contributed by atoms with van der Waals surface area (Å²) in [5, 5.41) is 11.5. The topological polar surface area (TPSA) is 33.0 Å². The molecule has 4 heteroatoms. The summed E-state index contributed by atoms with van der Waals surface area (Å²) in [4.78, 5) is 0. The third-order valence-electron chi connectivity index (χ3n) is 4.35. The van der Waals surface area contributed by atoms with Crippen LogP contribution in [-0.2, 0) is 0 Å². The van der Waals surface area contributed by atoms with Crippen LogP contribution in [0.3, 0.4) is 0 Å². The van der Waals surface area contributed by atoms with Crippen LogP contribution in [0.15, 0.2) is 5.38 Å². The van der Waals surface area contributed by atoms with Gasteiger partial charge in [-0.25, -0.2) is 0 Å². The minimum absolute atomic E-state index is 0.614. The maximum Gasteiger partial charge on any atom is 0.147 e. The summed E-state index contributed by atoms with van der Waals surface area (Å²) in [5.74, 6) is 0.751. The number of rotatable bonds is 5. The first-order valence-corrected chi connectivity index (χ1v) is 10.0. The van der Waals surface area contributed by atoms with E-state index < -0.39 is 8.07 Å². The smallest absolute Gasteiger partial charge is 0.147 e. The normalized spacial score (nSPS) is 12.3. The Kier molecular flexibility index (Phi) is 5.23. The Morgan fingerprint density at radius 1 is 1.11 bits per heavy atom. The largest absolute Gasteiger partial charge is 0.495 e. The van der Waals surface area contributed by atoms with Crippen LogP contribution < -0.4 is 9.24 Å². The highest BCUT2D eigenvalue weighted by Gasteiger charge is 2.47. The van der Waals surface area contributed by atoms with Crippen molar-refractivity contribution in [3.8, 4) is 11.8 Å². The van der Waals surface area contributed by atoms with Crippen LogP contribution in [0.5, 0.6) is 5.75 Å². The molecular formula is C15H25NOSSi. The standard InChI is InChI=1S/C15H25NOSSi/c1-10(2)19(11(3)4,12(5)6)15-13(8-16)14(17-7)9-18-15/h9-12H,1-7H3. The van der Waals surface area contributed by atoms with Gasteiger partial charge in [0.2, 0.25) is 0 Å². The lowest BCUT2D eigenvalue weighted by Crippen LogP contribution is -2.55. The highest BCUT2D eigenvalue weighted by Crippen LogP contribution is 2.43. The molecule has 0 saturated carbocycles. The lowest BCUT2D eigenvalue weighted by molar-refractivity contribution is 0.415. The molecule has 0 aliphatic carbocycles. The molecule has 0 N–H and O–H groups in total. The maximum atomic E-state index is 9.53. The van der Waals surface area contributed by atoms with Crippen molar-refractivity contribution >= 4 is 23.9 Å². The first kappa shape index (κ1) is 16.3. The number of nitriles is 1. The van der Waals surface area contributed by atoms with Gasteiger partial charge in [-0.05, 0) is 16.6 Å². The molecule has 0 unspecified atom stereocenters. The fourth-order valence-corrected chi connectivity index (χ4v) is 13.7. The van der Waals surface area contributed by atoms with Crippen molar-refractivity contribution in [2.45, 2.75) is 58.2 Å². The number of nitrogens with zero attached hydrogens (tertiary/aromatic N) is 1. The molecule has 2 nitrogen and oxygen atoms in total. The molecular weight excluding hydrogens is 270 g/mol. The minimum atomic E-state index is -1.75. The number of methoxy groups -OCH3 is 1. The highest BCUT2D eigenvalue weighted by atomic mass is 32.1. The van der Waals surface area contributed by atoms with E-state index in [1.54, 1.807) is 18.4 Å². The van der Waals surface area contributed by atoms with E-state index in [0.29, 0.717) is 16.6 Å². The van der Waals surface area contributed by atoms with E-state index in [1.807, 2.05) is 5.38 Å². The van der Waals surface area contributed by atoms with Gasteiger partial charge in [0.25, 0.3) is 0 Å². The maximum absolute atomic E-state index is 9.53. The molecule has 0 bridgehead atoms. The van der Waals surface area contributed by atoms with Crippen LogP contribution in [0, 0.1) is 11.3 Å². The molecule has 106 valence electrons. The molecule has 0 spiro atoms. The second-order valence-electron chi connectivity index (χ2n) is 6.02. The second-order valence-corrected chi connectivity index (χ2v) is 13.1. The van der Waals surface area contributed by atoms with E-state index in [9.17, 15) is 5.26 Å². The van der Waals surface area contributed by atoms with Crippen molar-refractivity contribution < 1.29 is 4.74 Å². The average Bonchev–Trinajstić information content (AvgIpc) is 2.71. The Balaban J connectivity index is 3.59. The van der Waals surface area contributed by atoms with E-state index in [4.69, 9.17) is 4.74 Å². The molecule has 1 aromatic heterocycles. The van der Waals surface area contributed by atoms with Gasteiger partial charge >= 0.3 is 0 Å². The van der Waals surface area contributed by atoms with Crippen LogP contribution >= 0.6 is 11.3 Å². The molecule has 0 aromatic carbocycles. The Bertz CT molecular complexity index is 449. The van der Waals surface area contributed by atoms with Gasteiger partial charge in [-0.3, -0.25) is 0 Å². The number of ether oxygens (including phenoxy) is 1. The van der Waals surface area contributed by atoms with Gasteiger partial charge in [-0.15, -0.1) is 11.3 Å². The zero-order valence-electron chi connectivity index (χ0n) is 13.1. The number of hydrogen-bond acceptors (Lipinski definition) is 3. The predicted molar refractivity (Wildman–Crippen MR) is 86.3 cm³/mol. The van der Waals surface area contributed by atoms with Crippen molar-refractivity contribution in [1.29, 1.82) is 5.26 Å². The Morgan fingerprint density at radius 3 is 1.89 bits per heavy atom. The summed E-state index contributed by atoms with van der Waals surface area (Å²) in [6.07, 6.45) is 0. The fraction of sp³-hybridized carbons (Fsp3) is 0.667. The summed E-state index contributed by atoms with van der Waals surface area (Å²) in [6, 6.07) is 2.39. The number of hydrogen-bond donors (Lipinski definition) is 0. The third-order valence-corrected chi connectivity index (χ3v) is 13.3. The molecule has 1 heterocycles. The second kappa shape index (κ2) is 6.11. The molecule has 0 amide bonds. The Labute approximate surface area is 122 Å². The quantitative estimate of drug-likeness (QED) is 0.749. The molecule has 1 rings (SSSR count). The van der Waals surface area contributed by atoms with Crippen molar-refractivity contribution in [1.82, 2.24) is 0 Å². The van der Waals surface area contributed by atoms with Gasteiger partial charge < -0.3 is 4.74 Å². The minimum Gasteiger partial charge on any atom is -0.495 e. The Morgan fingerprint density at radius 2 is 1.58 bits per heavy atom. The lowest BCUT2D eigenvalue weighted by Gasteiger charge is -2.42. The third kappa shape index (κ3) is 2.46. The summed E-state index contributed by atoms with van der Waals surface area (Å²) < 4.78 is 6.69. The predicted octanol–water partition coefficient (Wildman–Crippen LogP) is 4.51. The first-order chi connectivity index (χ1) is 8.83. The van der Waals surface area contributed by atoms with Gasteiger partial charge in [0.15, 0.2) is 0 Å². The molecule has 0 atom stereocenters. The van der Waals surface area contributed by atoms with Crippen molar-refractivity contribution in [3.05, 3.63) is 10.9 Å². The summed E-state index contributed by atoms with van der Waals surface area (Å²) >= 11 is 1.73. The average molecular weight is 296 g/mol. The monoisotopic (exact) mass is 295 g/mol. The zero-order valence-corrected chi connectivity index (χ0v) is 14.9. The van der Waals surface area contributed by atoms with Gasteiger partial charge in [-0.2, -0.15) is 5.26 Å². The van der Waals surface area contributed by atoms with Gasteiger partial charge in [0.1, 0.15) is 25.5 Å². The molecule has 1 aromatic rings. The number of thiophene rings is 1. The molecule has 0 saturated heterocycles. The van der Waals surface area contributed by atoms with E-state index in [0.717, 1.165) is 11.3 Å². The van der Waals surface area contributed by atoms with Crippen LogP contribution in [0.2, 0.25) is 16.6 Å². The van der Waals surface area contributed by atoms with E-state index in [-0.39, 0.29) is 0 Å². The van der Waals surface area contributed by atoms with Gasteiger partial charge in [0.05, 0.1) is 7.11 Å². The highest BCUT2D eigenvalue weighted by molar-refractivity contribution is 7.27. The van der Waals surface area contributed by atoms with Crippen molar-refractivity contribution in [2.75, 3.05) is 7.11 Å². The van der Waals surface area contributed by atoms with Crippen LogP contribution in [0.4, 0.5) is 0 Å². The van der Waals surface area contributed by atoms with E-state index >= 15 is 0 Å². The lowest BCUT2D eigenvalue weighted by atomic mass is 10.3. The summed E-state index contributed by atoms with van der Waals surface area (Å²) in [6.45, 7) is 13.9. The molecule has 0 radical (unpaired) electrons. The first-order valence-electron chi connectivity index (χ1n) is 6.89.